The number of rotatable bonds is 13. The Balaban J connectivity index is 1.37. The van der Waals surface area contributed by atoms with Crippen molar-refractivity contribution in [3.05, 3.63) is 29.0 Å². The lowest BCUT2D eigenvalue weighted by Gasteiger charge is -2.42. The third-order valence-electron chi connectivity index (χ3n) is 11.3. The van der Waals surface area contributed by atoms with Gasteiger partial charge in [-0.1, -0.05) is 72.8 Å². The molecule has 0 aromatic carbocycles. The van der Waals surface area contributed by atoms with Crippen LogP contribution in [0.4, 0.5) is 4.79 Å². The molecule has 4 aliphatic rings. The minimum Gasteiger partial charge on any atom is -0.363 e. The summed E-state index contributed by atoms with van der Waals surface area (Å²) in [6.07, 6.45) is 8.10. The van der Waals surface area contributed by atoms with E-state index in [1.165, 1.54) is 20.5 Å². The van der Waals surface area contributed by atoms with Crippen LogP contribution in [0.15, 0.2) is 29.0 Å². The Morgan fingerprint density at radius 1 is 1.06 bits per heavy atom. The highest BCUT2D eigenvalue weighted by Crippen LogP contribution is 2.42. The number of hydrogen-bond acceptors (Lipinski definition) is 8. The molecule has 15 heteroatoms. The molecule has 0 spiro atoms. The first-order valence-electron chi connectivity index (χ1n) is 18.0. The molecule has 3 heterocycles. The van der Waals surface area contributed by atoms with Gasteiger partial charge in [0.05, 0.1) is 16.5 Å². The number of carbonyl (C=O) groups excluding carboxylic acids is 5. The number of sulfonamides is 1. The van der Waals surface area contributed by atoms with Gasteiger partial charge in [-0.3, -0.25) is 19.2 Å². The number of thiophene rings is 1. The molecule has 0 bridgehead atoms. The molecule has 5 amide bonds. The first-order valence-corrected chi connectivity index (χ1v) is 20.3. The van der Waals surface area contributed by atoms with Crippen LogP contribution >= 0.6 is 11.3 Å². The number of primary amides is 1. The molecule has 2 aliphatic carbocycles. The molecule has 51 heavy (non-hydrogen) atoms. The fourth-order valence-corrected chi connectivity index (χ4v) is 10.9. The predicted octanol–water partition coefficient (Wildman–Crippen LogP) is 3.44. The number of amides is 5. The Hall–Kier alpha value is -3.30. The summed E-state index contributed by atoms with van der Waals surface area (Å²) in [5.74, 6) is -3.16. The molecule has 1 aromatic rings. The van der Waals surface area contributed by atoms with E-state index in [1.54, 1.807) is 17.5 Å². The number of ketones is 1. The van der Waals surface area contributed by atoms with E-state index in [-0.39, 0.29) is 31.5 Å². The minimum absolute atomic E-state index is 0.122. The van der Waals surface area contributed by atoms with Gasteiger partial charge in [-0.2, -0.15) is 4.31 Å². The monoisotopic (exact) mass is 746 g/mol. The number of Topliss-reactive ketones (excluding diaryl/α,β-unsaturated/α-hetero) is 1. The van der Waals surface area contributed by atoms with Gasteiger partial charge >= 0.3 is 6.03 Å². The van der Waals surface area contributed by atoms with E-state index in [1.807, 2.05) is 34.6 Å². The molecular formula is C36H54N6O7S2. The molecule has 2 aliphatic heterocycles. The van der Waals surface area contributed by atoms with Crippen molar-refractivity contribution in [1.82, 2.24) is 25.2 Å². The van der Waals surface area contributed by atoms with Gasteiger partial charge in [0, 0.05) is 24.5 Å². The van der Waals surface area contributed by atoms with Crippen molar-refractivity contribution in [2.75, 3.05) is 13.1 Å². The average molecular weight is 747 g/mol. The summed E-state index contributed by atoms with van der Waals surface area (Å²) in [6.45, 7) is 13.9. The zero-order valence-electron chi connectivity index (χ0n) is 30.5. The third-order valence-corrected chi connectivity index (χ3v) is 14.2. The summed E-state index contributed by atoms with van der Waals surface area (Å²) in [5.41, 5.74) is 3.15. The van der Waals surface area contributed by atoms with Gasteiger partial charge in [-0.25, -0.2) is 13.2 Å². The van der Waals surface area contributed by atoms with E-state index in [4.69, 9.17) is 5.73 Å². The lowest BCUT2D eigenvalue weighted by Crippen LogP contribution is -2.64. The first-order chi connectivity index (χ1) is 23.8. The number of urea groups is 1. The molecule has 5 rings (SSSR count). The normalized spacial score (nSPS) is 24.2. The Morgan fingerprint density at radius 3 is 2.29 bits per heavy atom. The van der Waals surface area contributed by atoms with Crippen molar-refractivity contribution in [2.45, 2.75) is 128 Å². The summed E-state index contributed by atoms with van der Waals surface area (Å²) < 4.78 is 28.2. The van der Waals surface area contributed by atoms with Gasteiger partial charge in [0.25, 0.3) is 5.91 Å². The van der Waals surface area contributed by atoms with Crippen molar-refractivity contribution in [3.8, 4) is 0 Å². The molecule has 0 radical (unpaired) electrons. The highest BCUT2D eigenvalue weighted by atomic mass is 32.2. The number of allylic oxidation sites excluding steroid dienone is 1. The van der Waals surface area contributed by atoms with E-state index >= 15 is 0 Å². The Labute approximate surface area is 305 Å². The van der Waals surface area contributed by atoms with E-state index < -0.39 is 74.1 Å². The van der Waals surface area contributed by atoms with Gasteiger partial charge in [0.2, 0.25) is 27.6 Å². The fraction of sp³-hybridized carbons (Fsp3) is 0.694. The van der Waals surface area contributed by atoms with Crippen LogP contribution in [0.1, 0.15) is 97.3 Å². The van der Waals surface area contributed by atoms with Crippen LogP contribution in [0.25, 0.3) is 0 Å². The zero-order chi connectivity index (χ0) is 37.5. The molecule has 13 nitrogen and oxygen atoms in total. The minimum atomic E-state index is -3.68. The predicted molar refractivity (Wildman–Crippen MR) is 194 cm³/mol. The van der Waals surface area contributed by atoms with Crippen LogP contribution in [0, 0.1) is 22.7 Å². The molecule has 1 aromatic heterocycles. The van der Waals surface area contributed by atoms with Gasteiger partial charge in [-0.15, -0.1) is 17.9 Å². The fourth-order valence-electron chi connectivity index (χ4n) is 7.95. The molecular weight excluding hydrogens is 693 g/mol. The number of nitrogens with zero attached hydrogens (tertiary/aromatic N) is 2. The van der Waals surface area contributed by atoms with Crippen LogP contribution in [-0.4, -0.2) is 83.9 Å². The summed E-state index contributed by atoms with van der Waals surface area (Å²) in [4.78, 5) is 69.9. The average Bonchev–Trinajstić information content (AvgIpc) is 3.45. The van der Waals surface area contributed by atoms with E-state index in [0.717, 1.165) is 37.0 Å². The summed E-state index contributed by atoms with van der Waals surface area (Å²) in [7, 11) is -3.68. The van der Waals surface area contributed by atoms with E-state index in [0.29, 0.717) is 30.6 Å². The Bertz CT molecular complexity index is 1650. The van der Waals surface area contributed by atoms with Gasteiger partial charge in [0.15, 0.2) is 0 Å². The highest BCUT2D eigenvalue weighted by molar-refractivity contribution is 7.89. The maximum Gasteiger partial charge on any atom is 0.315 e. The summed E-state index contributed by atoms with van der Waals surface area (Å²) in [5, 5.41) is 10.6. The topological polar surface area (TPSA) is 188 Å². The Morgan fingerprint density at radius 2 is 1.73 bits per heavy atom. The van der Waals surface area contributed by atoms with Crippen molar-refractivity contribution >= 4 is 50.9 Å². The second-order valence-corrected chi connectivity index (χ2v) is 19.5. The molecule has 2 saturated carbocycles. The number of likely N-dealkylation sites (tertiary alicyclic amines) is 1. The number of nitrogens with two attached hydrogens (primary N) is 1. The van der Waals surface area contributed by atoms with Crippen LogP contribution in [0.3, 0.4) is 0 Å². The molecule has 1 unspecified atom stereocenters. The lowest BCUT2D eigenvalue weighted by atomic mass is 9.74. The van der Waals surface area contributed by atoms with Gasteiger partial charge in [0.1, 0.15) is 12.1 Å². The lowest BCUT2D eigenvalue weighted by molar-refractivity contribution is -0.144. The maximum atomic E-state index is 14.6. The summed E-state index contributed by atoms with van der Waals surface area (Å²) >= 11 is 1.40. The SMILES string of the molecule is C=CC(C)(C)[C@H]1CCN(C(=O)[C@@H](NC(=O)NC2(CN3Cc4sccc4S3(=O)=O)CCCCC2)C(C)(C)C)[C@@H]1C(=O)NC(CC1CC1)C(=O)C(N)=O. The molecule has 5 N–H and O–H groups in total. The number of fused-ring (bicyclic) bond motifs is 1. The standard InChI is InChI=1S/C36H54N6O7S2/c1-7-35(5,6)23-13-17-42(27(23)31(45)38-24(19-22-11-12-22)28(43)30(37)44)32(46)29(34(2,3)4)39-33(47)40-36(15-9-8-10-16-36)21-41-20-25-26(14-18-50-25)51(41,48)49/h7,14,18,22-24,27,29H,1,8-13,15-17,19-21H2,2-6H3,(H2,37,44)(H,38,45)(H2,39,40,47)/t23-,24?,27-,29+/m0/s1. The van der Waals surface area contributed by atoms with Crippen LogP contribution in [0.5, 0.6) is 0 Å². The molecule has 3 fully saturated rings. The number of carbonyl (C=O) groups is 5. The van der Waals surface area contributed by atoms with Gasteiger partial charge < -0.3 is 26.6 Å². The van der Waals surface area contributed by atoms with Crippen LogP contribution in [0.2, 0.25) is 0 Å². The Kier molecular flexibility index (Phi) is 11.2. The van der Waals surface area contributed by atoms with E-state index in [9.17, 15) is 32.4 Å². The van der Waals surface area contributed by atoms with Crippen LogP contribution in [-0.2, 0) is 35.7 Å². The van der Waals surface area contributed by atoms with Crippen molar-refractivity contribution < 1.29 is 32.4 Å². The molecule has 282 valence electrons. The largest absolute Gasteiger partial charge is 0.363 e. The van der Waals surface area contributed by atoms with E-state index in [2.05, 4.69) is 22.5 Å². The van der Waals surface area contributed by atoms with Crippen molar-refractivity contribution in [1.29, 1.82) is 0 Å². The first kappa shape index (κ1) is 38.9. The van der Waals surface area contributed by atoms with Gasteiger partial charge in [-0.05, 0) is 59.8 Å². The van der Waals surface area contributed by atoms with Crippen LogP contribution < -0.4 is 21.7 Å². The quantitative estimate of drug-likeness (QED) is 0.176. The second-order valence-electron chi connectivity index (χ2n) is 16.6. The smallest absolute Gasteiger partial charge is 0.315 e. The molecule has 4 atom stereocenters. The number of hydrogen-bond donors (Lipinski definition) is 4. The second kappa shape index (κ2) is 14.6. The zero-order valence-corrected chi connectivity index (χ0v) is 32.1. The third kappa shape index (κ3) is 8.35. The number of nitrogens with one attached hydrogen (secondary N) is 3. The highest BCUT2D eigenvalue weighted by Gasteiger charge is 2.51. The van der Waals surface area contributed by atoms with Crippen molar-refractivity contribution in [3.63, 3.8) is 0 Å². The molecule has 1 saturated heterocycles. The summed E-state index contributed by atoms with van der Waals surface area (Å²) in [6, 6.07) is -2.12. The van der Waals surface area contributed by atoms with Crippen molar-refractivity contribution in [2.24, 2.45) is 28.4 Å². The maximum absolute atomic E-state index is 14.6.